The lowest BCUT2D eigenvalue weighted by Crippen LogP contribution is -2.39. The number of aliphatic imine (C=N–C) groups is 1. The van der Waals surface area contributed by atoms with E-state index in [2.05, 4.69) is 52.7 Å². The monoisotopic (exact) mass is 439 g/mol. The van der Waals surface area contributed by atoms with Gasteiger partial charge in [-0.2, -0.15) is 5.10 Å². The van der Waals surface area contributed by atoms with Gasteiger partial charge in [0.15, 0.2) is 6.29 Å². The number of hydrogen-bond donors (Lipinski definition) is 1. The number of aromatic nitrogens is 1. The molecule has 8 heteroatoms. The summed E-state index contributed by atoms with van der Waals surface area (Å²) in [7, 11) is 2.11. The quantitative estimate of drug-likeness (QED) is 0.289. The summed E-state index contributed by atoms with van der Waals surface area (Å²) >= 11 is 0. The average molecular weight is 440 g/mol. The van der Waals surface area contributed by atoms with Gasteiger partial charge in [0.1, 0.15) is 17.2 Å². The molecular formula is C24H33N5O3. The molecule has 172 valence electrons. The summed E-state index contributed by atoms with van der Waals surface area (Å²) in [5.74, 6) is 12.7. The first-order chi connectivity index (χ1) is 15.4. The zero-order valence-electron chi connectivity index (χ0n) is 19.2. The second kappa shape index (κ2) is 9.99. The van der Waals surface area contributed by atoms with Gasteiger partial charge in [-0.1, -0.05) is 25.7 Å². The number of nitrogens with two attached hydrogens (primary N) is 1. The molecule has 1 saturated heterocycles. The van der Waals surface area contributed by atoms with Crippen molar-refractivity contribution < 1.29 is 14.2 Å². The predicted octanol–water partition coefficient (Wildman–Crippen LogP) is 2.20. The van der Waals surface area contributed by atoms with E-state index in [9.17, 15) is 0 Å². The maximum atomic E-state index is 6.09. The molecule has 1 aromatic rings. The Balaban J connectivity index is 1.42. The Hall–Kier alpha value is -2.47. The molecule has 2 saturated carbocycles. The van der Waals surface area contributed by atoms with Crippen molar-refractivity contribution in [3.05, 3.63) is 23.5 Å². The molecule has 0 amide bonds. The largest absolute Gasteiger partial charge is 0.488 e. The normalized spacial score (nSPS) is 21.6. The van der Waals surface area contributed by atoms with Crippen LogP contribution in [0.1, 0.15) is 50.8 Å². The Morgan fingerprint density at radius 1 is 1.31 bits per heavy atom. The topological polar surface area (TPSA) is 94.6 Å². The van der Waals surface area contributed by atoms with Crippen LogP contribution in [0.25, 0.3) is 0 Å². The van der Waals surface area contributed by atoms with E-state index in [0.29, 0.717) is 43.0 Å². The number of nitrogens with zero attached hydrogens (tertiary/aromatic N) is 4. The highest BCUT2D eigenvalue weighted by Gasteiger charge is 2.28. The Kier molecular flexibility index (Phi) is 7.09. The van der Waals surface area contributed by atoms with Crippen molar-refractivity contribution in [1.29, 1.82) is 0 Å². The molecule has 32 heavy (non-hydrogen) atoms. The molecule has 3 fully saturated rings. The summed E-state index contributed by atoms with van der Waals surface area (Å²) in [6.45, 7) is 6.62. The van der Waals surface area contributed by atoms with Crippen molar-refractivity contribution in [2.45, 2.75) is 58.0 Å². The number of pyridine rings is 1. The summed E-state index contributed by atoms with van der Waals surface area (Å²) < 4.78 is 17.5. The first kappa shape index (κ1) is 22.7. The fourth-order valence-electron chi connectivity index (χ4n) is 3.28. The zero-order valence-corrected chi connectivity index (χ0v) is 19.2. The summed E-state index contributed by atoms with van der Waals surface area (Å²) in [6.07, 6.45) is 7.80. The van der Waals surface area contributed by atoms with Crippen LogP contribution in [-0.4, -0.2) is 73.6 Å². The fourth-order valence-corrected chi connectivity index (χ4v) is 3.28. The van der Waals surface area contributed by atoms with E-state index in [4.69, 9.17) is 20.1 Å². The minimum absolute atomic E-state index is 0.0288. The number of hydrogen-bond acceptors (Lipinski definition) is 8. The van der Waals surface area contributed by atoms with Gasteiger partial charge in [0, 0.05) is 23.2 Å². The molecule has 2 aliphatic carbocycles. The highest BCUT2D eigenvalue weighted by atomic mass is 16.7. The summed E-state index contributed by atoms with van der Waals surface area (Å²) in [5.41, 5.74) is 1.86. The molecular weight excluding hydrogens is 406 g/mol. The first-order valence-electron chi connectivity index (χ1n) is 11.3. The molecule has 0 radical (unpaired) electrons. The van der Waals surface area contributed by atoms with Gasteiger partial charge < -0.3 is 20.1 Å². The summed E-state index contributed by atoms with van der Waals surface area (Å²) in [6, 6.07) is 2.61. The third kappa shape index (κ3) is 6.52. The van der Waals surface area contributed by atoms with E-state index >= 15 is 0 Å². The van der Waals surface area contributed by atoms with Gasteiger partial charge in [-0.25, -0.2) is 4.98 Å². The van der Waals surface area contributed by atoms with Crippen LogP contribution in [0.15, 0.2) is 22.4 Å². The molecule has 0 aromatic carbocycles. The number of rotatable bonds is 8. The van der Waals surface area contributed by atoms with Gasteiger partial charge in [-0.05, 0) is 38.8 Å². The van der Waals surface area contributed by atoms with Gasteiger partial charge >= 0.3 is 0 Å². The van der Waals surface area contributed by atoms with Crippen molar-refractivity contribution in [2.24, 2.45) is 21.4 Å². The highest BCUT2D eigenvalue weighted by molar-refractivity contribution is 6.38. The Bertz CT molecular complexity index is 915. The third-order valence-electron chi connectivity index (χ3n) is 5.57. The van der Waals surface area contributed by atoms with Crippen LogP contribution < -0.4 is 10.6 Å². The van der Waals surface area contributed by atoms with Crippen LogP contribution in [0.5, 0.6) is 5.75 Å². The average Bonchev–Trinajstić information content (AvgIpc) is 3.67. The van der Waals surface area contributed by atoms with Gasteiger partial charge in [0.2, 0.25) is 0 Å². The van der Waals surface area contributed by atoms with Gasteiger partial charge in [-0.3, -0.25) is 9.89 Å². The lowest BCUT2D eigenvalue weighted by atomic mass is 9.96. The zero-order chi connectivity index (χ0) is 22.6. The predicted molar refractivity (Wildman–Crippen MR) is 124 cm³/mol. The minimum atomic E-state index is -0.361. The number of ether oxygens (including phenoxy) is 3. The second-order valence-corrected chi connectivity index (χ2v) is 9.56. The van der Waals surface area contributed by atoms with Crippen LogP contribution in [-0.2, 0) is 9.47 Å². The van der Waals surface area contributed by atoms with Crippen LogP contribution in [0.3, 0.4) is 0 Å². The van der Waals surface area contributed by atoms with Crippen molar-refractivity contribution in [3.8, 4) is 17.6 Å². The van der Waals surface area contributed by atoms with E-state index in [1.54, 1.807) is 12.4 Å². The molecule has 0 bridgehead atoms. The molecule has 2 N–H and O–H groups in total. The molecule has 2 heterocycles. The molecule has 3 aliphatic rings. The Morgan fingerprint density at radius 2 is 2.06 bits per heavy atom. The molecule has 4 rings (SSSR count). The third-order valence-corrected chi connectivity index (χ3v) is 5.57. The van der Waals surface area contributed by atoms with E-state index in [1.165, 1.54) is 12.8 Å². The standard InChI is InChI=1S/C24H33N5O3/c1-24(2)15-30-22(31-16-24)14-26-13-20(28-25)23-21(32-19-8-9-19)11-17(12-27-23)5-4-10-29(3)18-6-7-18/h11-13,18-19,22H,6-10,14-16,25H2,1-3H3/b26-13?,28-20+. The van der Waals surface area contributed by atoms with E-state index in [0.717, 1.165) is 24.9 Å². The molecule has 1 aromatic heterocycles. The molecule has 1 aliphatic heterocycles. The SMILES string of the molecule is CN(CC#Cc1cnc(/C(C=NCC2OCC(C)(C)CO2)=N/N)c(OC2CC2)c1)C1CC1. The second-order valence-electron chi connectivity index (χ2n) is 9.56. The van der Waals surface area contributed by atoms with Gasteiger partial charge in [-0.15, -0.1) is 0 Å². The van der Waals surface area contributed by atoms with Crippen molar-refractivity contribution >= 4 is 11.9 Å². The first-order valence-corrected chi connectivity index (χ1v) is 11.3. The van der Waals surface area contributed by atoms with Crippen LogP contribution >= 0.6 is 0 Å². The summed E-state index contributed by atoms with van der Waals surface area (Å²) in [5, 5.41) is 3.89. The minimum Gasteiger partial charge on any atom is -0.488 e. The van der Waals surface area contributed by atoms with Gasteiger partial charge in [0.25, 0.3) is 0 Å². The van der Waals surface area contributed by atoms with Crippen LogP contribution in [0.2, 0.25) is 0 Å². The molecule has 0 atom stereocenters. The molecule has 0 spiro atoms. The van der Waals surface area contributed by atoms with E-state index < -0.39 is 0 Å². The molecule has 8 nitrogen and oxygen atoms in total. The maximum Gasteiger partial charge on any atom is 0.176 e. The number of hydrazone groups is 1. The highest BCUT2D eigenvalue weighted by Crippen LogP contribution is 2.29. The Labute approximate surface area is 190 Å². The van der Waals surface area contributed by atoms with Gasteiger partial charge in [0.05, 0.1) is 38.6 Å². The summed E-state index contributed by atoms with van der Waals surface area (Å²) in [4.78, 5) is 11.3. The maximum absolute atomic E-state index is 6.09. The van der Waals surface area contributed by atoms with Crippen molar-refractivity contribution in [2.75, 3.05) is 33.4 Å². The van der Waals surface area contributed by atoms with E-state index in [1.807, 2.05) is 6.07 Å². The Morgan fingerprint density at radius 3 is 2.72 bits per heavy atom. The van der Waals surface area contributed by atoms with E-state index in [-0.39, 0.29) is 17.8 Å². The van der Waals surface area contributed by atoms with Crippen molar-refractivity contribution in [3.63, 3.8) is 0 Å². The van der Waals surface area contributed by atoms with Crippen molar-refractivity contribution in [1.82, 2.24) is 9.88 Å². The smallest absolute Gasteiger partial charge is 0.176 e. The lowest BCUT2D eigenvalue weighted by molar-refractivity contribution is -0.215. The molecule has 0 unspecified atom stereocenters. The lowest BCUT2D eigenvalue weighted by Gasteiger charge is -2.33. The van der Waals surface area contributed by atoms with Crippen LogP contribution in [0, 0.1) is 17.3 Å². The fraction of sp³-hybridized carbons (Fsp3) is 0.625. The van der Waals surface area contributed by atoms with Crippen LogP contribution in [0.4, 0.5) is 0 Å².